The summed E-state index contributed by atoms with van der Waals surface area (Å²) in [6.07, 6.45) is 6.36. The Hall–Kier alpha value is -3.39. The van der Waals surface area contributed by atoms with Gasteiger partial charge in [0.15, 0.2) is 5.82 Å². The Morgan fingerprint density at radius 2 is 2.06 bits per heavy atom. The molecule has 180 valence electrons. The molecule has 1 fully saturated rings. The van der Waals surface area contributed by atoms with Gasteiger partial charge in [0.2, 0.25) is 0 Å². The van der Waals surface area contributed by atoms with Gasteiger partial charge in [0.1, 0.15) is 23.4 Å². The highest BCUT2D eigenvalue weighted by Crippen LogP contribution is 2.42. The van der Waals surface area contributed by atoms with Crippen molar-refractivity contribution < 1.29 is 13.9 Å². The number of ether oxygens (including phenoxy) is 1. The molecule has 0 aliphatic carbocycles. The van der Waals surface area contributed by atoms with Crippen molar-refractivity contribution in [3.63, 3.8) is 0 Å². The summed E-state index contributed by atoms with van der Waals surface area (Å²) >= 11 is 6.55. The van der Waals surface area contributed by atoms with E-state index in [1.807, 2.05) is 19.1 Å². The fourth-order valence-electron chi connectivity index (χ4n) is 5.23. The normalized spacial score (nSPS) is 19.2. The quantitative estimate of drug-likeness (QED) is 0.499. The maximum atomic E-state index is 14.3. The molecule has 1 N–H and O–H groups in total. The Morgan fingerprint density at radius 3 is 2.86 bits per heavy atom. The van der Waals surface area contributed by atoms with Gasteiger partial charge in [-0.2, -0.15) is 0 Å². The predicted molar refractivity (Wildman–Crippen MR) is 133 cm³/mol. The van der Waals surface area contributed by atoms with Crippen LogP contribution in [0.5, 0.6) is 5.75 Å². The molecule has 7 nitrogen and oxygen atoms in total. The Balaban J connectivity index is 1.34. The van der Waals surface area contributed by atoms with E-state index in [4.69, 9.17) is 16.3 Å². The van der Waals surface area contributed by atoms with Gasteiger partial charge < -0.3 is 15.0 Å². The fourth-order valence-corrected chi connectivity index (χ4v) is 5.43. The van der Waals surface area contributed by atoms with Gasteiger partial charge in [0.05, 0.1) is 22.9 Å². The standard InChI is InChI=1S/C26H25ClFN5O2/c1-15-11-16-6-7-21(24-19(28)5-4-8-29-24)35-22(16)12-20(15)33-14-17-18(27)13-30-25(23(17)31-26(33)34)32-9-2-3-10-32/h4-5,8,11-13,21H,2-3,6-7,9-10,14H2,1H3,(H,31,34). The van der Waals surface area contributed by atoms with Crippen molar-refractivity contribution in [1.82, 2.24) is 9.97 Å². The van der Waals surface area contributed by atoms with Crippen molar-refractivity contribution in [3.05, 3.63) is 69.9 Å². The summed E-state index contributed by atoms with van der Waals surface area (Å²) in [6, 6.07) is 6.64. The number of hydrogen-bond donors (Lipinski definition) is 1. The molecule has 6 rings (SSSR count). The average molecular weight is 494 g/mol. The number of rotatable bonds is 3. The molecule has 3 aliphatic heterocycles. The summed E-state index contributed by atoms with van der Waals surface area (Å²) in [4.78, 5) is 25.9. The van der Waals surface area contributed by atoms with Crippen LogP contribution in [0.2, 0.25) is 5.02 Å². The topological polar surface area (TPSA) is 70.6 Å². The molecule has 3 aliphatic rings. The number of pyridine rings is 2. The minimum atomic E-state index is -0.473. The molecule has 1 aromatic carbocycles. The van der Waals surface area contributed by atoms with Crippen LogP contribution in [0.1, 0.15) is 47.8 Å². The first-order chi connectivity index (χ1) is 17.0. The zero-order chi connectivity index (χ0) is 24.1. The van der Waals surface area contributed by atoms with Gasteiger partial charge in [-0.05, 0) is 55.9 Å². The zero-order valence-corrected chi connectivity index (χ0v) is 20.1. The number of nitrogens with zero attached hydrogens (tertiary/aromatic N) is 4. The molecular weight excluding hydrogens is 469 g/mol. The van der Waals surface area contributed by atoms with Crippen LogP contribution in [0.15, 0.2) is 36.7 Å². The van der Waals surface area contributed by atoms with Crippen LogP contribution in [0.3, 0.4) is 0 Å². The van der Waals surface area contributed by atoms with Crippen LogP contribution in [-0.2, 0) is 13.0 Å². The second-order valence-corrected chi connectivity index (χ2v) is 9.66. The lowest BCUT2D eigenvalue weighted by atomic mass is 9.97. The molecular formula is C26H25ClFN5O2. The molecule has 0 spiro atoms. The number of urea groups is 1. The van der Waals surface area contributed by atoms with E-state index in [0.717, 1.165) is 60.5 Å². The lowest BCUT2D eigenvalue weighted by Crippen LogP contribution is -2.40. The number of carbonyl (C=O) groups excluding carboxylic acids is 1. The van der Waals surface area contributed by atoms with Crippen molar-refractivity contribution >= 4 is 34.8 Å². The van der Waals surface area contributed by atoms with Crippen molar-refractivity contribution in [2.45, 2.75) is 45.3 Å². The van der Waals surface area contributed by atoms with E-state index >= 15 is 0 Å². The molecule has 0 bridgehead atoms. The summed E-state index contributed by atoms with van der Waals surface area (Å²) in [6.45, 7) is 4.13. The largest absolute Gasteiger partial charge is 0.484 e. The minimum Gasteiger partial charge on any atom is -0.484 e. The van der Waals surface area contributed by atoms with Crippen LogP contribution < -0.4 is 19.9 Å². The third-order valence-electron chi connectivity index (χ3n) is 7.02. The number of halogens is 2. The summed E-state index contributed by atoms with van der Waals surface area (Å²) in [5, 5.41) is 3.56. The first-order valence-electron chi connectivity index (χ1n) is 11.9. The number of anilines is 3. The first kappa shape index (κ1) is 22.1. The molecule has 0 radical (unpaired) electrons. The number of fused-ring (bicyclic) bond motifs is 2. The minimum absolute atomic E-state index is 0.242. The molecule has 5 heterocycles. The van der Waals surface area contributed by atoms with E-state index in [2.05, 4.69) is 20.2 Å². The molecule has 1 unspecified atom stereocenters. The summed E-state index contributed by atoms with van der Waals surface area (Å²) < 4.78 is 20.5. The number of carbonyl (C=O) groups is 1. The van der Waals surface area contributed by atoms with Gasteiger partial charge in [-0.25, -0.2) is 14.2 Å². The monoisotopic (exact) mass is 493 g/mol. The summed E-state index contributed by atoms with van der Waals surface area (Å²) in [5.41, 5.74) is 4.56. The van der Waals surface area contributed by atoms with Crippen LogP contribution in [0, 0.1) is 12.7 Å². The van der Waals surface area contributed by atoms with Gasteiger partial charge >= 0.3 is 6.03 Å². The molecule has 1 saturated heterocycles. The lowest BCUT2D eigenvalue weighted by molar-refractivity contribution is 0.167. The summed E-state index contributed by atoms with van der Waals surface area (Å²) in [5.74, 6) is 1.04. The SMILES string of the molecule is Cc1cc2c(cc1N1Cc3c(Cl)cnc(N4CCCC4)c3NC1=O)OC(c1ncccc1F)CC2. The van der Waals surface area contributed by atoms with E-state index in [-0.39, 0.29) is 11.8 Å². The van der Waals surface area contributed by atoms with E-state index in [9.17, 15) is 9.18 Å². The maximum absolute atomic E-state index is 14.3. The number of nitrogens with one attached hydrogen (secondary N) is 1. The van der Waals surface area contributed by atoms with Crippen LogP contribution in [0.4, 0.5) is 26.4 Å². The van der Waals surface area contributed by atoms with E-state index < -0.39 is 6.10 Å². The summed E-state index contributed by atoms with van der Waals surface area (Å²) in [7, 11) is 0. The van der Waals surface area contributed by atoms with Crippen LogP contribution in [0.25, 0.3) is 0 Å². The number of benzene rings is 1. The highest BCUT2D eigenvalue weighted by atomic mass is 35.5. The number of amides is 2. The second kappa shape index (κ2) is 8.68. The Morgan fingerprint density at radius 1 is 1.23 bits per heavy atom. The molecule has 9 heteroatoms. The van der Waals surface area contributed by atoms with Gasteiger partial charge in [-0.15, -0.1) is 0 Å². The van der Waals surface area contributed by atoms with Gasteiger partial charge in [-0.1, -0.05) is 17.7 Å². The molecule has 0 saturated carbocycles. The fraction of sp³-hybridized carbons (Fsp3) is 0.346. The van der Waals surface area contributed by atoms with E-state index in [1.54, 1.807) is 23.4 Å². The van der Waals surface area contributed by atoms with Gasteiger partial charge in [0, 0.05) is 37.1 Å². The van der Waals surface area contributed by atoms with Crippen molar-refractivity contribution in [2.75, 3.05) is 28.2 Å². The lowest BCUT2D eigenvalue weighted by Gasteiger charge is -2.34. The van der Waals surface area contributed by atoms with Gasteiger partial charge in [-0.3, -0.25) is 9.88 Å². The van der Waals surface area contributed by atoms with Crippen LogP contribution in [-0.4, -0.2) is 29.1 Å². The van der Waals surface area contributed by atoms with E-state index in [0.29, 0.717) is 35.1 Å². The number of aryl methyl sites for hydroxylation is 2. The van der Waals surface area contributed by atoms with Crippen molar-refractivity contribution in [3.8, 4) is 5.75 Å². The van der Waals surface area contributed by atoms with Crippen LogP contribution >= 0.6 is 11.6 Å². The number of aromatic nitrogens is 2. The van der Waals surface area contributed by atoms with E-state index in [1.165, 1.54) is 6.07 Å². The third-order valence-corrected chi connectivity index (χ3v) is 7.35. The molecule has 2 amide bonds. The highest BCUT2D eigenvalue weighted by molar-refractivity contribution is 6.32. The molecule has 3 aromatic rings. The number of hydrogen-bond acceptors (Lipinski definition) is 5. The second-order valence-electron chi connectivity index (χ2n) is 9.26. The Labute approximate surface area is 207 Å². The zero-order valence-electron chi connectivity index (χ0n) is 19.4. The molecule has 1 atom stereocenters. The van der Waals surface area contributed by atoms with Gasteiger partial charge in [0.25, 0.3) is 0 Å². The third kappa shape index (κ3) is 3.86. The predicted octanol–water partition coefficient (Wildman–Crippen LogP) is 5.80. The maximum Gasteiger partial charge on any atom is 0.326 e. The molecule has 2 aromatic heterocycles. The molecule has 35 heavy (non-hydrogen) atoms. The van der Waals surface area contributed by atoms with Crippen molar-refractivity contribution in [1.29, 1.82) is 0 Å². The van der Waals surface area contributed by atoms with Crippen molar-refractivity contribution in [2.24, 2.45) is 0 Å². The smallest absolute Gasteiger partial charge is 0.326 e. The Bertz CT molecular complexity index is 1330. The highest BCUT2D eigenvalue weighted by Gasteiger charge is 2.33. The Kier molecular flexibility index (Phi) is 5.48. The average Bonchev–Trinajstić information content (AvgIpc) is 3.39. The first-order valence-corrected chi connectivity index (χ1v) is 12.3.